The number of amides is 1. The molecule has 2 aliphatic heterocycles. The van der Waals surface area contributed by atoms with Crippen LogP contribution < -0.4 is 20.1 Å². The summed E-state index contributed by atoms with van der Waals surface area (Å²) in [5.41, 5.74) is -1.39. The summed E-state index contributed by atoms with van der Waals surface area (Å²) in [5.74, 6) is -3.47. The van der Waals surface area contributed by atoms with Crippen LogP contribution >= 0.6 is 0 Å². The van der Waals surface area contributed by atoms with Crippen molar-refractivity contribution in [3.8, 4) is 17.2 Å². The summed E-state index contributed by atoms with van der Waals surface area (Å²) in [6, 6.07) is 4.21. The van der Waals surface area contributed by atoms with Gasteiger partial charge in [0, 0.05) is 57.5 Å². The number of carbonyl (C=O) groups excluding carboxylic acids is 1. The van der Waals surface area contributed by atoms with Crippen LogP contribution in [-0.2, 0) is 14.3 Å². The molecule has 1 fully saturated rings. The van der Waals surface area contributed by atoms with E-state index in [9.17, 15) is 27.9 Å². The summed E-state index contributed by atoms with van der Waals surface area (Å²) in [4.78, 5) is 29.4. The molecule has 14 heteroatoms. The number of para-hydroxylation sites is 1. The van der Waals surface area contributed by atoms with Crippen LogP contribution in [0.25, 0.3) is 0 Å². The number of anilines is 2. The number of aromatic nitrogens is 2. The quantitative estimate of drug-likeness (QED) is 0.434. The summed E-state index contributed by atoms with van der Waals surface area (Å²) in [6.45, 7) is 1.79. The molecule has 1 saturated heterocycles. The average Bonchev–Trinajstić information content (AvgIpc) is 3.20. The van der Waals surface area contributed by atoms with Gasteiger partial charge in [-0.25, -0.2) is 9.69 Å². The normalized spacial score (nSPS) is 22.4. The van der Waals surface area contributed by atoms with Crippen molar-refractivity contribution in [3.63, 3.8) is 0 Å². The molecule has 1 radical (unpaired) electrons. The summed E-state index contributed by atoms with van der Waals surface area (Å²) in [5, 5.41) is 10.2. The molecule has 10 nitrogen and oxygen atoms in total. The Morgan fingerprint density at radius 1 is 1.42 bits per heavy atom. The fourth-order valence-electron chi connectivity index (χ4n) is 3.81. The van der Waals surface area contributed by atoms with E-state index in [4.69, 9.17) is 21.7 Å². The Bertz CT molecular complexity index is 1220. The molecule has 193 valence electrons. The second-order valence-electron chi connectivity index (χ2n) is 7.93. The van der Waals surface area contributed by atoms with Crippen LogP contribution in [0.15, 0.2) is 29.2 Å². The SMILES string of the molecule is [2H]C([3H])OC[C@H]1O[C@@H](n2cc3c(nc2=O)N(C(=O)C(F)(F)F)c2c(OCCCC)cccc2O3)C[C@H]1O.[Ac]. The second-order valence-corrected chi connectivity index (χ2v) is 7.93. The van der Waals surface area contributed by atoms with E-state index in [0.717, 1.165) is 17.2 Å². The fourth-order valence-corrected chi connectivity index (χ4v) is 3.81. The Balaban J connectivity index is 0.00000400. The van der Waals surface area contributed by atoms with Gasteiger partial charge in [0.15, 0.2) is 17.3 Å². The molecule has 0 aliphatic carbocycles. The van der Waals surface area contributed by atoms with E-state index in [1.54, 1.807) is 0 Å². The van der Waals surface area contributed by atoms with Gasteiger partial charge in [-0.15, -0.1) is 0 Å². The third-order valence-corrected chi connectivity index (χ3v) is 5.49. The summed E-state index contributed by atoms with van der Waals surface area (Å²) in [7, 11) is -1.61. The number of halogens is 3. The molecule has 1 N–H and O–H groups in total. The maximum Gasteiger partial charge on any atom is 0.472 e. The van der Waals surface area contributed by atoms with Crippen molar-refractivity contribution in [3.05, 3.63) is 34.9 Å². The largest absolute Gasteiger partial charge is 0.491 e. The number of rotatable bonds is 7. The van der Waals surface area contributed by atoms with Crippen molar-refractivity contribution in [1.29, 1.82) is 0 Å². The molecule has 0 bridgehead atoms. The maximum absolute atomic E-state index is 13.6. The van der Waals surface area contributed by atoms with Crippen molar-refractivity contribution < 1.29 is 88.8 Å². The second kappa shape index (κ2) is 11.8. The van der Waals surface area contributed by atoms with E-state index in [0.29, 0.717) is 6.42 Å². The minimum absolute atomic E-state index is 0. The van der Waals surface area contributed by atoms with Crippen LogP contribution in [0.4, 0.5) is 24.7 Å². The van der Waals surface area contributed by atoms with Gasteiger partial charge >= 0.3 is 17.8 Å². The fraction of sp³-hybridized carbons (Fsp3) is 0.500. The Morgan fingerprint density at radius 2 is 2.19 bits per heavy atom. The summed E-state index contributed by atoms with van der Waals surface area (Å²) < 4.78 is 77.8. The van der Waals surface area contributed by atoms with Gasteiger partial charge in [0.05, 0.1) is 28.3 Å². The maximum atomic E-state index is 13.6. The van der Waals surface area contributed by atoms with Gasteiger partial charge in [-0.2, -0.15) is 18.2 Å². The monoisotopic (exact) mass is 729 g/mol. The average molecular weight is 729 g/mol. The van der Waals surface area contributed by atoms with Gasteiger partial charge in [-0.1, -0.05) is 19.4 Å². The van der Waals surface area contributed by atoms with Crippen LogP contribution in [0.5, 0.6) is 17.2 Å². The van der Waals surface area contributed by atoms with Gasteiger partial charge in [0.1, 0.15) is 23.8 Å². The molecule has 1 aromatic carbocycles. The Labute approximate surface area is 242 Å². The van der Waals surface area contributed by atoms with E-state index < -0.39 is 49.1 Å². The number of hydrogen-bond donors (Lipinski definition) is 1. The van der Waals surface area contributed by atoms with Crippen molar-refractivity contribution in [2.24, 2.45) is 0 Å². The Morgan fingerprint density at radius 3 is 2.89 bits per heavy atom. The van der Waals surface area contributed by atoms with Crippen molar-refractivity contribution in [2.75, 3.05) is 25.2 Å². The first-order valence-electron chi connectivity index (χ1n) is 11.9. The minimum Gasteiger partial charge on any atom is -0.491 e. The first kappa shape index (κ1) is 25.9. The molecular weight excluding hydrogens is 702 g/mol. The third-order valence-electron chi connectivity index (χ3n) is 5.49. The number of methoxy groups -OCH3 is 1. The first-order valence-corrected chi connectivity index (χ1v) is 10.8. The standard InChI is InChI=1S/C22H24F3N3O7.Ac/c1-3-4-8-33-13-6-5-7-14-18(13)28(20(30)22(23,24)25)19-15(34-14)10-27(21(31)26-19)17-9-12(29)16(35-17)11-32-2;/h5-7,10,12,16-17,29H,3-4,8-9,11H2,1-2H3;/t12-,16-,17-;/m1./s1/i2TD;/t2?,12-,16-,17-;. The molecule has 3 heterocycles. The third kappa shape index (κ3) is 5.72. The van der Waals surface area contributed by atoms with Crippen LogP contribution in [0, 0.1) is 44.1 Å². The van der Waals surface area contributed by atoms with Gasteiger partial charge in [-0.05, 0) is 18.6 Å². The molecule has 0 saturated carbocycles. The van der Waals surface area contributed by atoms with E-state index in [1.165, 1.54) is 18.2 Å². The number of ether oxygens (including phenoxy) is 4. The number of hydrogen-bond acceptors (Lipinski definition) is 8. The molecule has 1 amide bonds. The van der Waals surface area contributed by atoms with E-state index >= 15 is 0 Å². The molecule has 2 aliphatic rings. The summed E-state index contributed by atoms with van der Waals surface area (Å²) >= 11 is 0. The number of fused-ring (bicyclic) bond motifs is 2. The Kier molecular flexibility index (Phi) is 8.47. The topological polar surface area (TPSA) is 112 Å². The number of nitrogens with zero attached hydrogens (tertiary/aromatic N) is 3. The van der Waals surface area contributed by atoms with Crippen LogP contribution in [0.1, 0.15) is 35.2 Å². The number of unbranched alkanes of at least 4 members (excludes halogenated alkanes) is 1. The molecule has 2 aromatic rings. The molecule has 4 atom stereocenters. The van der Waals surface area contributed by atoms with Crippen LogP contribution in [0.2, 0.25) is 0 Å². The van der Waals surface area contributed by atoms with E-state index in [2.05, 4.69) is 4.98 Å². The van der Waals surface area contributed by atoms with Crippen molar-refractivity contribution in [2.45, 2.75) is 50.8 Å². The van der Waals surface area contributed by atoms with Gasteiger partial charge < -0.3 is 24.1 Å². The number of aliphatic hydroxyl groups excluding tert-OH is 1. The first-order chi connectivity index (χ1) is 17.5. The van der Waals surface area contributed by atoms with Gasteiger partial charge in [-0.3, -0.25) is 9.36 Å². The van der Waals surface area contributed by atoms with Gasteiger partial charge in [0.25, 0.3) is 0 Å². The van der Waals surface area contributed by atoms with E-state index in [-0.39, 0.29) is 91.5 Å². The number of aliphatic hydroxyl groups is 1. The molecule has 4 rings (SSSR count). The molecule has 36 heavy (non-hydrogen) atoms. The predicted octanol–water partition coefficient (Wildman–Crippen LogP) is 3.05. The zero-order valence-electron chi connectivity index (χ0n) is 21.1. The molecule has 0 spiro atoms. The van der Waals surface area contributed by atoms with Crippen LogP contribution in [-0.4, -0.2) is 59.2 Å². The molecule has 1 unspecified atom stereocenters. The van der Waals surface area contributed by atoms with E-state index in [1.807, 2.05) is 6.92 Å². The number of carbonyl (C=O) groups is 1. The zero-order chi connectivity index (χ0) is 26.9. The van der Waals surface area contributed by atoms with Crippen molar-refractivity contribution >= 4 is 17.4 Å². The summed E-state index contributed by atoms with van der Waals surface area (Å²) in [6.07, 6.45) is -6.15. The number of benzene rings is 1. The minimum atomic E-state index is -5.31. The Hall–Kier alpha value is -1.72. The van der Waals surface area contributed by atoms with Gasteiger partial charge in [0.2, 0.25) is 0 Å². The molecule has 1 aromatic heterocycles. The number of alkyl halides is 3. The van der Waals surface area contributed by atoms with Crippen LogP contribution in [0.3, 0.4) is 0 Å². The molecular formula is C22H24AcF3N3O7. The smallest absolute Gasteiger partial charge is 0.472 e. The zero-order valence-corrected chi connectivity index (χ0v) is 23.8. The predicted molar refractivity (Wildman–Crippen MR) is 115 cm³/mol. The van der Waals surface area contributed by atoms with Crippen molar-refractivity contribution in [1.82, 2.24) is 9.55 Å².